The predicted octanol–water partition coefficient (Wildman–Crippen LogP) is 2.26. The first-order valence-corrected chi connectivity index (χ1v) is 12.3. The molecular weight excluding hydrogens is 420 g/mol. The molecule has 3 N–H and O–H groups in total. The summed E-state index contributed by atoms with van der Waals surface area (Å²) in [4.78, 5) is 31.6. The molecule has 6 rings (SSSR count). The molecular formula is C25H36N4O4. The van der Waals surface area contributed by atoms with Gasteiger partial charge < -0.3 is 25.4 Å². The average Bonchev–Trinajstić information content (AvgIpc) is 2.75. The van der Waals surface area contributed by atoms with Crippen LogP contribution in [-0.2, 0) is 14.3 Å². The highest BCUT2D eigenvalue weighted by atomic mass is 16.5. The summed E-state index contributed by atoms with van der Waals surface area (Å²) in [7, 11) is 0. The van der Waals surface area contributed by atoms with Crippen molar-refractivity contribution in [2.45, 2.75) is 64.0 Å². The van der Waals surface area contributed by atoms with Gasteiger partial charge in [-0.2, -0.15) is 0 Å². The van der Waals surface area contributed by atoms with Gasteiger partial charge in [0, 0.05) is 31.6 Å². The lowest BCUT2D eigenvalue weighted by molar-refractivity contribution is -0.143. The number of nitrogens with two attached hydrogens (primary N) is 1. The van der Waals surface area contributed by atoms with E-state index in [1.54, 1.807) is 20.0 Å². The SMILES string of the molecule is CC(C)(Oc1ccc(N2CCOCC2)cn1)C(=O)NC1C2CC3C[C@H]1CC(CC(N)=O)(C3)C2. The number of amides is 2. The molecule has 5 fully saturated rings. The first-order valence-electron chi connectivity index (χ1n) is 12.3. The zero-order chi connectivity index (χ0) is 23.2. The summed E-state index contributed by atoms with van der Waals surface area (Å²) in [5.41, 5.74) is 5.63. The zero-order valence-electron chi connectivity index (χ0n) is 19.7. The second-order valence-corrected chi connectivity index (χ2v) is 11.2. The molecule has 5 atom stereocenters. The van der Waals surface area contributed by atoms with E-state index < -0.39 is 5.60 Å². The summed E-state index contributed by atoms with van der Waals surface area (Å²) >= 11 is 0. The molecule has 33 heavy (non-hydrogen) atoms. The molecule has 4 saturated carbocycles. The summed E-state index contributed by atoms with van der Waals surface area (Å²) in [5.74, 6) is 1.64. The molecule has 4 bridgehead atoms. The van der Waals surface area contributed by atoms with Crippen molar-refractivity contribution in [3.05, 3.63) is 18.3 Å². The Balaban J connectivity index is 1.21. The number of primary amides is 1. The Bertz CT molecular complexity index is 880. The van der Waals surface area contributed by atoms with E-state index in [1.807, 2.05) is 12.1 Å². The Morgan fingerprint density at radius 2 is 1.91 bits per heavy atom. The number of rotatable bonds is 7. The molecule has 180 valence electrons. The number of nitrogens with one attached hydrogen (secondary N) is 1. The summed E-state index contributed by atoms with van der Waals surface area (Å²) in [6.07, 6.45) is 7.63. The Morgan fingerprint density at radius 3 is 2.52 bits per heavy atom. The van der Waals surface area contributed by atoms with E-state index >= 15 is 0 Å². The molecule has 0 radical (unpaired) electrons. The van der Waals surface area contributed by atoms with Crippen molar-refractivity contribution in [1.82, 2.24) is 10.3 Å². The lowest BCUT2D eigenvalue weighted by Crippen LogP contribution is -2.62. The van der Waals surface area contributed by atoms with Crippen LogP contribution in [0.2, 0.25) is 0 Å². The van der Waals surface area contributed by atoms with E-state index in [4.69, 9.17) is 15.2 Å². The number of aromatic nitrogens is 1. The molecule has 0 spiro atoms. The van der Waals surface area contributed by atoms with Gasteiger partial charge in [-0.05, 0) is 75.2 Å². The standard InChI is InChI=1S/C25H36N4O4/c1-24(2,33-21-4-3-19(15-27-21)29-5-7-32-8-6-29)23(31)28-22-17-9-16-10-18(22)13-25(11-16,12-17)14-20(26)30/h3-4,15-18,22H,5-14H2,1-2H3,(H2,26,30)(H,28,31)/t16?,17-,18?,22?,25?/m0/s1. The Labute approximate surface area is 195 Å². The molecule has 1 aromatic heterocycles. The number of hydrogen-bond donors (Lipinski definition) is 2. The first-order chi connectivity index (χ1) is 15.7. The fraction of sp³-hybridized carbons (Fsp3) is 0.720. The summed E-state index contributed by atoms with van der Waals surface area (Å²) in [5, 5.41) is 3.33. The Morgan fingerprint density at radius 1 is 1.21 bits per heavy atom. The van der Waals surface area contributed by atoms with Gasteiger partial charge in [-0.15, -0.1) is 0 Å². The Hall–Kier alpha value is -2.35. The third-order valence-electron chi connectivity index (χ3n) is 8.25. The number of nitrogens with zero attached hydrogens (tertiary/aromatic N) is 2. The van der Waals surface area contributed by atoms with E-state index in [9.17, 15) is 9.59 Å². The van der Waals surface area contributed by atoms with Gasteiger partial charge in [0.2, 0.25) is 11.8 Å². The fourth-order valence-corrected chi connectivity index (χ4v) is 7.09. The smallest absolute Gasteiger partial charge is 0.263 e. The largest absolute Gasteiger partial charge is 0.462 e. The lowest BCUT2D eigenvalue weighted by atomic mass is 9.47. The van der Waals surface area contributed by atoms with Gasteiger partial charge >= 0.3 is 0 Å². The molecule has 4 unspecified atom stereocenters. The molecule has 2 heterocycles. The van der Waals surface area contributed by atoms with Gasteiger partial charge in [0.15, 0.2) is 5.60 Å². The highest BCUT2D eigenvalue weighted by Gasteiger charge is 2.56. The number of pyridine rings is 1. The monoisotopic (exact) mass is 456 g/mol. The number of anilines is 1. The summed E-state index contributed by atoms with van der Waals surface area (Å²) in [6, 6.07) is 3.96. The van der Waals surface area contributed by atoms with E-state index in [-0.39, 0.29) is 23.3 Å². The van der Waals surface area contributed by atoms with Crippen molar-refractivity contribution in [2.24, 2.45) is 28.9 Å². The van der Waals surface area contributed by atoms with Crippen LogP contribution in [-0.4, -0.2) is 54.7 Å². The maximum absolute atomic E-state index is 13.3. The third kappa shape index (κ3) is 4.54. The van der Waals surface area contributed by atoms with Crippen LogP contribution in [0.25, 0.3) is 0 Å². The first kappa shape index (κ1) is 22.4. The van der Waals surface area contributed by atoms with E-state index in [1.165, 1.54) is 0 Å². The average molecular weight is 457 g/mol. The van der Waals surface area contributed by atoms with Crippen molar-refractivity contribution in [3.8, 4) is 5.88 Å². The molecule has 5 aliphatic rings. The summed E-state index contributed by atoms with van der Waals surface area (Å²) in [6.45, 7) is 6.73. The zero-order valence-corrected chi connectivity index (χ0v) is 19.7. The van der Waals surface area contributed by atoms with Crippen LogP contribution in [0, 0.1) is 23.2 Å². The Kier molecular flexibility index (Phi) is 5.75. The number of carbonyl (C=O) groups is 2. The van der Waals surface area contributed by atoms with E-state index in [0.717, 1.165) is 64.1 Å². The lowest BCUT2D eigenvalue weighted by Gasteiger charge is -2.60. The van der Waals surface area contributed by atoms with Crippen molar-refractivity contribution in [3.63, 3.8) is 0 Å². The second-order valence-electron chi connectivity index (χ2n) is 11.2. The molecule has 8 nitrogen and oxygen atoms in total. The topological polar surface area (TPSA) is 107 Å². The van der Waals surface area contributed by atoms with Crippen LogP contribution < -0.4 is 20.7 Å². The van der Waals surface area contributed by atoms with E-state index in [0.29, 0.717) is 30.1 Å². The van der Waals surface area contributed by atoms with Gasteiger partial charge in [-0.1, -0.05) is 0 Å². The number of morpholine rings is 1. The van der Waals surface area contributed by atoms with Crippen LogP contribution in [0.1, 0.15) is 52.4 Å². The van der Waals surface area contributed by atoms with E-state index in [2.05, 4.69) is 15.2 Å². The van der Waals surface area contributed by atoms with Crippen molar-refractivity contribution in [1.29, 1.82) is 0 Å². The van der Waals surface area contributed by atoms with Crippen LogP contribution in [0.15, 0.2) is 18.3 Å². The molecule has 1 saturated heterocycles. The molecule has 1 aromatic rings. The minimum absolute atomic E-state index is 0.0573. The summed E-state index contributed by atoms with van der Waals surface area (Å²) < 4.78 is 11.5. The highest BCUT2D eigenvalue weighted by molar-refractivity contribution is 5.85. The maximum Gasteiger partial charge on any atom is 0.263 e. The minimum atomic E-state index is -1.03. The van der Waals surface area contributed by atoms with Crippen LogP contribution >= 0.6 is 0 Å². The van der Waals surface area contributed by atoms with Crippen LogP contribution in [0.4, 0.5) is 5.69 Å². The quantitative estimate of drug-likeness (QED) is 0.652. The number of carbonyl (C=O) groups excluding carboxylic acids is 2. The number of hydrogen-bond acceptors (Lipinski definition) is 6. The van der Waals surface area contributed by atoms with Gasteiger partial charge in [0.25, 0.3) is 5.91 Å². The molecule has 8 heteroatoms. The van der Waals surface area contributed by atoms with Crippen molar-refractivity contribution >= 4 is 17.5 Å². The molecule has 2 amide bonds. The van der Waals surface area contributed by atoms with Crippen LogP contribution in [0.5, 0.6) is 5.88 Å². The van der Waals surface area contributed by atoms with Crippen molar-refractivity contribution < 1.29 is 19.1 Å². The highest BCUT2D eigenvalue weighted by Crippen LogP contribution is 2.61. The predicted molar refractivity (Wildman–Crippen MR) is 124 cm³/mol. The normalized spacial score (nSPS) is 33.1. The molecule has 0 aromatic carbocycles. The second kappa shape index (κ2) is 8.46. The third-order valence-corrected chi connectivity index (χ3v) is 8.25. The van der Waals surface area contributed by atoms with Gasteiger partial charge in [0.05, 0.1) is 25.1 Å². The van der Waals surface area contributed by atoms with Gasteiger partial charge in [0.1, 0.15) is 0 Å². The van der Waals surface area contributed by atoms with Crippen LogP contribution in [0.3, 0.4) is 0 Å². The van der Waals surface area contributed by atoms with Gasteiger partial charge in [-0.25, -0.2) is 4.98 Å². The molecule has 1 aliphatic heterocycles. The minimum Gasteiger partial charge on any atom is -0.462 e. The molecule has 4 aliphatic carbocycles. The maximum atomic E-state index is 13.3. The van der Waals surface area contributed by atoms with Crippen molar-refractivity contribution in [2.75, 3.05) is 31.2 Å². The fourth-order valence-electron chi connectivity index (χ4n) is 7.09. The number of ether oxygens (including phenoxy) is 2. The van der Waals surface area contributed by atoms with Gasteiger partial charge in [-0.3, -0.25) is 9.59 Å².